The number of rotatable bonds is 4. The van der Waals surface area contributed by atoms with E-state index in [2.05, 4.69) is 10.3 Å². The molecule has 0 saturated carbocycles. The van der Waals surface area contributed by atoms with Crippen LogP contribution in [0.2, 0.25) is 0 Å². The zero-order chi connectivity index (χ0) is 14.5. The van der Waals surface area contributed by atoms with Crippen LogP contribution in [-0.2, 0) is 6.42 Å². The van der Waals surface area contributed by atoms with Crippen molar-refractivity contribution >= 4 is 5.91 Å². The van der Waals surface area contributed by atoms with Crippen LogP contribution in [0.5, 0.6) is 11.5 Å². The molecular weight excluding hydrogens is 256 g/mol. The summed E-state index contributed by atoms with van der Waals surface area (Å²) in [6.45, 7) is 2.30. The van der Waals surface area contributed by atoms with Crippen LogP contribution in [0.25, 0.3) is 0 Å². The van der Waals surface area contributed by atoms with Crippen LogP contribution in [-0.4, -0.2) is 27.6 Å². The molecule has 0 atom stereocenters. The number of aryl methyl sites for hydroxylation is 1. The third kappa shape index (κ3) is 3.26. The summed E-state index contributed by atoms with van der Waals surface area (Å²) in [6.07, 6.45) is 3.71. The van der Waals surface area contributed by atoms with Crippen LogP contribution in [0.1, 0.15) is 21.5 Å². The van der Waals surface area contributed by atoms with Gasteiger partial charge in [0, 0.05) is 24.5 Å². The van der Waals surface area contributed by atoms with Gasteiger partial charge in [-0.2, -0.15) is 0 Å². The number of phenols is 2. The molecule has 0 fully saturated rings. The fraction of sp³-hybridized carbons (Fsp3) is 0.200. The number of carbonyl (C=O) groups excluding carboxylic acids is 1. The molecule has 0 radical (unpaired) electrons. The summed E-state index contributed by atoms with van der Waals surface area (Å²) in [5, 5.41) is 21.6. The molecule has 2 aromatic rings. The molecule has 0 unspecified atom stereocenters. The van der Waals surface area contributed by atoms with Crippen molar-refractivity contribution in [1.29, 1.82) is 0 Å². The molecule has 1 amide bonds. The number of nitrogens with one attached hydrogen (secondary N) is 1. The maximum atomic E-state index is 11.8. The van der Waals surface area contributed by atoms with Crippen LogP contribution in [0.4, 0.5) is 0 Å². The van der Waals surface area contributed by atoms with E-state index < -0.39 is 0 Å². The predicted molar refractivity (Wildman–Crippen MR) is 74.8 cm³/mol. The normalized spacial score (nSPS) is 10.2. The van der Waals surface area contributed by atoms with Gasteiger partial charge in [0.05, 0.1) is 0 Å². The third-order valence-electron chi connectivity index (χ3n) is 3.06. The van der Waals surface area contributed by atoms with Crippen molar-refractivity contribution in [2.75, 3.05) is 6.54 Å². The Kier molecular flexibility index (Phi) is 4.20. The standard InChI is InChI=1S/C15H16N2O3/c1-10-8-13(18)14(19)9-12(10)4-7-17-15(20)11-2-5-16-6-3-11/h2-3,5-6,8-9,18-19H,4,7H2,1H3,(H,17,20). The van der Waals surface area contributed by atoms with Crippen molar-refractivity contribution in [3.63, 3.8) is 0 Å². The molecule has 1 heterocycles. The highest BCUT2D eigenvalue weighted by molar-refractivity contribution is 5.93. The number of nitrogens with zero attached hydrogens (tertiary/aromatic N) is 1. The Morgan fingerprint density at radius 3 is 2.55 bits per heavy atom. The van der Waals surface area contributed by atoms with Gasteiger partial charge in [0.2, 0.25) is 0 Å². The first-order valence-corrected chi connectivity index (χ1v) is 6.27. The van der Waals surface area contributed by atoms with Gasteiger partial charge in [-0.3, -0.25) is 9.78 Å². The first-order valence-electron chi connectivity index (χ1n) is 6.27. The van der Waals surface area contributed by atoms with E-state index in [1.165, 1.54) is 12.1 Å². The monoisotopic (exact) mass is 272 g/mol. The van der Waals surface area contributed by atoms with Crippen molar-refractivity contribution in [2.45, 2.75) is 13.3 Å². The van der Waals surface area contributed by atoms with Crippen molar-refractivity contribution in [1.82, 2.24) is 10.3 Å². The van der Waals surface area contributed by atoms with Gasteiger partial charge in [-0.05, 0) is 48.7 Å². The van der Waals surface area contributed by atoms with Gasteiger partial charge in [0.15, 0.2) is 11.5 Å². The molecule has 5 heteroatoms. The van der Waals surface area contributed by atoms with Crippen molar-refractivity contribution in [2.24, 2.45) is 0 Å². The number of pyridine rings is 1. The average Bonchev–Trinajstić information content (AvgIpc) is 2.45. The summed E-state index contributed by atoms with van der Waals surface area (Å²) in [5.74, 6) is -0.439. The van der Waals surface area contributed by atoms with Crippen molar-refractivity contribution in [3.05, 3.63) is 53.3 Å². The molecule has 1 aromatic carbocycles. The van der Waals surface area contributed by atoms with Crippen LogP contribution >= 0.6 is 0 Å². The Morgan fingerprint density at radius 2 is 1.85 bits per heavy atom. The minimum Gasteiger partial charge on any atom is -0.504 e. The van der Waals surface area contributed by atoms with Crippen molar-refractivity contribution in [3.8, 4) is 11.5 Å². The molecular formula is C15H16N2O3. The number of aromatic nitrogens is 1. The van der Waals surface area contributed by atoms with Gasteiger partial charge in [-0.1, -0.05) is 0 Å². The molecule has 3 N–H and O–H groups in total. The second kappa shape index (κ2) is 6.06. The highest BCUT2D eigenvalue weighted by Crippen LogP contribution is 2.27. The lowest BCUT2D eigenvalue weighted by atomic mass is 10.0. The Bertz CT molecular complexity index is 612. The Balaban J connectivity index is 1.94. The molecule has 0 aliphatic carbocycles. The zero-order valence-electron chi connectivity index (χ0n) is 11.1. The maximum Gasteiger partial charge on any atom is 0.251 e. The molecule has 104 valence electrons. The largest absolute Gasteiger partial charge is 0.504 e. The molecule has 0 bridgehead atoms. The number of hydrogen-bond acceptors (Lipinski definition) is 4. The quantitative estimate of drug-likeness (QED) is 0.741. The number of amides is 1. The molecule has 1 aromatic heterocycles. The summed E-state index contributed by atoms with van der Waals surface area (Å²) in [7, 11) is 0. The van der Waals surface area contributed by atoms with E-state index in [0.29, 0.717) is 18.5 Å². The van der Waals surface area contributed by atoms with E-state index in [4.69, 9.17) is 0 Å². The van der Waals surface area contributed by atoms with Gasteiger partial charge in [-0.15, -0.1) is 0 Å². The van der Waals surface area contributed by atoms with Crippen LogP contribution in [0, 0.1) is 6.92 Å². The van der Waals surface area contributed by atoms with Gasteiger partial charge < -0.3 is 15.5 Å². The van der Waals surface area contributed by atoms with E-state index in [9.17, 15) is 15.0 Å². The summed E-state index contributed by atoms with van der Waals surface area (Å²) in [5.41, 5.74) is 2.32. The summed E-state index contributed by atoms with van der Waals surface area (Å²) >= 11 is 0. The summed E-state index contributed by atoms with van der Waals surface area (Å²) < 4.78 is 0. The van der Waals surface area contributed by atoms with E-state index in [1.54, 1.807) is 24.5 Å². The molecule has 2 rings (SSSR count). The lowest BCUT2D eigenvalue weighted by Gasteiger charge is -2.09. The van der Waals surface area contributed by atoms with Crippen LogP contribution in [0.15, 0.2) is 36.7 Å². The van der Waals surface area contributed by atoms with E-state index in [1.807, 2.05) is 6.92 Å². The topological polar surface area (TPSA) is 82.5 Å². The molecule has 5 nitrogen and oxygen atoms in total. The van der Waals surface area contributed by atoms with Gasteiger partial charge in [0.1, 0.15) is 0 Å². The highest BCUT2D eigenvalue weighted by atomic mass is 16.3. The highest BCUT2D eigenvalue weighted by Gasteiger charge is 2.07. The minimum absolute atomic E-state index is 0.132. The SMILES string of the molecule is Cc1cc(O)c(O)cc1CCNC(=O)c1ccncc1. The molecule has 0 spiro atoms. The number of benzene rings is 1. The number of hydrogen-bond donors (Lipinski definition) is 3. The lowest BCUT2D eigenvalue weighted by molar-refractivity contribution is 0.0954. The molecule has 0 aliphatic rings. The fourth-order valence-electron chi connectivity index (χ4n) is 1.91. The fourth-order valence-corrected chi connectivity index (χ4v) is 1.91. The second-order valence-electron chi connectivity index (χ2n) is 4.51. The van der Waals surface area contributed by atoms with E-state index >= 15 is 0 Å². The first kappa shape index (κ1) is 13.9. The second-order valence-corrected chi connectivity index (χ2v) is 4.51. The summed E-state index contributed by atoms with van der Waals surface area (Å²) in [4.78, 5) is 15.7. The Hall–Kier alpha value is -2.56. The lowest BCUT2D eigenvalue weighted by Crippen LogP contribution is -2.25. The van der Waals surface area contributed by atoms with Crippen molar-refractivity contribution < 1.29 is 15.0 Å². The van der Waals surface area contributed by atoms with E-state index in [0.717, 1.165) is 11.1 Å². The van der Waals surface area contributed by atoms with Crippen LogP contribution in [0.3, 0.4) is 0 Å². The number of phenolic OH excluding ortho intramolecular Hbond substituents is 2. The summed E-state index contributed by atoms with van der Waals surface area (Å²) in [6, 6.07) is 6.32. The number of aromatic hydroxyl groups is 2. The van der Waals surface area contributed by atoms with E-state index in [-0.39, 0.29) is 17.4 Å². The number of carbonyl (C=O) groups is 1. The Morgan fingerprint density at radius 1 is 1.20 bits per heavy atom. The maximum absolute atomic E-state index is 11.8. The zero-order valence-corrected chi connectivity index (χ0v) is 11.1. The molecule has 20 heavy (non-hydrogen) atoms. The Labute approximate surface area is 116 Å². The smallest absolute Gasteiger partial charge is 0.251 e. The average molecular weight is 272 g/mol. The van der Waals surface area contributed by atoms with Gasteiger partial charge in [-0.25, -0.2) is 0 Å². The minimum atomic E-state index is -0.159. The molecule has 0 aliphatic heterocycles. The van der Waals surface area contributed by atoms with Gasteiger partial charge >= 0.3 is 0 Å². The van der Waals surface area contributed by atoms with Gasteiger partial charge in [0.25, 0.3) is 5.91 Å². The van der Waals surface area contributed by atoms with Crippen LogP contribution < -0.4 is 5.32 Å². The predicted octanol–water partition coefficient (Wildman–Crippen LogP) is 1.77. The first-order chi connectivity index (χ1) is 9.58. The third-order valence-corrected chi connectivity index (χ3v) is 3.06. The molecule has 0 saturated heterocycles.